The maximum Gasteiger partial charge on any atom is 0.257 e. The monoisotopic (exact) mass is 320 g/mol. The van der Waals surface area contributed by atoms with E-state index in [1.54, 1.807) is 17.9 Å². The van der Waals surface area contributed by atoms with Crippen LogP contribution in [0.25, 0.3) is 11.0 Å². The Morgan fingerprint density at radius 3 is 2.83 bits per heavy atom. The van der Waals surface area contributed by atoms with Gasteiger partial charge < -0.3 is 9.88 Å². The average Bonchev–Trinajstić information content (AvgIpc) is 3.17. The van der Waals surface area contributed by atoms with Gasteiger partial charge in [-0.2, -0.15) is 0 Å². The molecule has 4 rings (SSSR count). The minimum Gasteiger partial charge on any atom is -0.324 e. The first-order chi connectivity index (χ1) is 11.6. The summed E-state index contributed by atoms with van der Waals surface area (Å²) in [6.45, 7) is 2.22. The highest BCUT2D eigenvalue weighted by Crippen LogP contribution is 2.29. The fourth-order valence-corrected chi connectivity index (χ4v) is 3.06. The zero-order chi connectivity index (χ0) is 16.7. The number of rotatable bonds is 2. The summed E-state index contributed by atoms with van der Waals surface area (Å²) in [5, 5.41) is 2.79. The summed E-state index contributed by atoms with van der Waals surface area (Å²) in [7, 11) is 0. The number of fused-ring (bicyclic) bond motifs is 2. The van der Waals surface area contributed by atoms with Crippen LogP contribution in [-0.4, -0.2) is 28.3 Å². The Labute approximate surface area is 138 Å². The Bertz CT molecular complexity index is 928. The molecule has 120 valence electrons. The Morgan fingerprint density at radius 1 is 1.21 bits per heavy atom. The van der Waals surface area contributed by atoms with Gasteiger partial charge in [0, 0.05) is 24.7 Å². The van der Waals surface area contributed by atoms with E-state index in [-0.39, 0.29) is 11.8 Å². The van der Waals surface area contributed by atoms with E-state index in [1.807, 2.05) is 36.4 Å². The highest BCUT2D eigenvalue weighted by Gasteiger charge is 2.23. The third-order valence-electron chi connectivity index (χ3n) is 4.24. The first-order valence-electron chi connectivity index (χ1n) is 7.79. The van der Waals surface area contributed by atoms with Gasteiger partial charge in [0.2, 0.25) is 11.9 Å². The highest BCUT2D eigenvalue weighted by atomic mass is 16.2. The van der Waals surface area contributed by atoms with E-state index in [0.29, 0.717) is 18.1 Å². The average molecular weight is 320 g/mol. The molecule has 0 saturated carbocycles. The molecule has 2 heterocycles. The molecule has 1 aromatic heterocycles. The smallest absolute Gasteiger partial charge is 0.257 e. The van der Waals surface area contributed by atoms with Crippen LogP contribution in [0, 0.1) is 0 Å². The van der Waals surface area contributed by atoms with Crippen LogP contribution in [0.15, 0.2) is 42.5 Å². The maximum atomic E-state index is 12.5. The zero-order valence-corrected chi connectivity index (χ0v) is 13.2. The van der Waals surface area contributed by atoms with Crippen molar-refractivity contribution in [3.63, 3.8) is 0 Å². The van der Waals surface area contributed by atoms with Crippen molar-refractivity contribution in [2.75, 3.05) is 16.8 Å². The van der Waals surface area contributed by atoms with Crippen molar-refractivity contribution in [1.29, 1.82) is 0 Å². The lowest BCUT2D eigenvalue weighted by molar-refractivity contribution is -0.116. The Hall–Kier alpha value is -3.15. The second-order valence-corrected chi connectivity index (χ2v) is 5.82. The normalized spacial score (nSPS) is 13.1. The van der Waals surface area contributed by atoms with Gasteiger partial charge in [0.1, 0.15) is 0 Å². The Balaban J connectivity index is 1.58. The van der Waals surface area contributed by atoms with Gasteiger partial charge >= 0.3 is 0 Å². The second-order valence-electron chi connectivity index (χ2n) is 5.82. The van der Waals surface area contributed by atoms with E-state index in [4.69, 9.17) is 0 Å². The van der Waals surface area contributed by atoms with E-state index in [0.717, 1.165) is 28.7 Å². The van der Waals surface area contributed by atoms with Crippen molar-refractivity contribution in [1.82, 2.24) is 9.97 Å². The first kappa shape index (κ1) is 14.4. The molecule has 0 unspecified atom stereocenters. The molecular weight excluding hydrogens is 304 g/mol. The quantitative estimate of drug-likeness (QED) is 0.762. The summed E-state index contributed by atoms with van der Waals surface area (Å²) in [5.74, 6) is 0.221. The topological polar surface area (TPSA) is 78.1 Å². The van der Waals surface area contributed by atoms with Crippen LogP contribution in [-0.2, 0) is 11.2 Å². The lowest BCUT2D eigenvalue weighted by Gasteiger charge is -2.14. The molecule has 0 radical (unpaired) electrons. The maximum absolute atomic E-state index is 12.5. The molecule has 0 bridgehead atoms. The predicted molar refractivity (Wildman–Crippen MR) is 92.2 cm³/mol. The number of benzene rings is 2. The summed E-state index contributed by atoms with van der Waals surface area (Å²) < 4.78 is 0. The van der Waals surface area contributed by atoms with Crippen molar-refractivity contribution < 1.29 is 9.59 Å². The van der Waals surface area contributed by atoms with Crippen molar-refractivity contribution in [2.45, 2.75) is 13.3 Å². The van der Waals surface area contributed by atoms with Gasteiger partial charge in [0.05, 0.1) is 11.0 Å². The van der Waals surface area contributed by atoms with Crippen LogP contribution in [0.2, 0.25) is 0 Å². The number of carbonyl (C=O) groups is 2. The number of carbonyl (C=O) groups excluding carboxylic acids is 2. The number of hydrogen-bond acceptors (Lipinski definition) is 3. The molecule has 6 nitrogen and oxygen atoms in total. The van der Waals surface area contributed by atoms with E-state index in [1.165, 1.54) is 0 Å². The van der Waals surface area contributed by atoms with E-state index in [2.05, 4.69) is 15.3 Å². The Morgan fingerprint density at radius 2 is 2.04 bits per heavy atom. The number of hydrogen-bond donors (Lipinski definition) is 2. The summed E-state index contributed by atoms with van der Waals surface area (Å²) in [4.78, 5) is 33.2. The van der Waals surface area contributed by atoms with Crippen LogP contribution in [0.5, 0.6) is 0 Å². The number of amides is 2. The summed E-state index contributed by atoms with van der Waals surface area (Å²) >= 11 is 0. The van der Waals surface area contributed by atoms with Gasteiger partial charge in [-0.1, -0.05) is 12.1 Å². The first-order valence-corrected chi connectivity index (χ1v) is 7.79. The van der Waals surface area contributed by atoms with Crippen LogP contribution in [0.1, 0.15) is 22.8 Å². The van der Waals surface area contributed by atoms with E-state index in [9.17, 15) is 9.59 Å². The molecule has 24 heavy (non-hydrogen) atoms. The fraction of sp³-hybridized carbons (Fsp3) is 0.167. The summed E-state index contributed by atoms with van der Waals surface area (Å²) in [5.41, 5.74) is 4.14. The van der Waals surface area contributed by atoms with Crippen molar-refractivity contribution in [3.8, 4) is 0 Å². The van der Waals surface area contributed by atoms with Crippen molar-refractivity contribution in [3.05, 3.63) is 53.6 Å². The molecular formula is C18H16N4O2. The third-order valence-corrected chi connectivity index (χ3v) is 4.24. The molecule has 0 aliphatic carbocycles. The molecule has 1 aliphatic rings. The van der Waals surface area contributed by atoms with Gasteiger partial charge in [-0.3, -0.25) is 14.9 Å². The molecule has 0 saturated heterocycles. The molecule has 2 amide bonds. The number of nitrogens with one attached hydrogen (secondary N) is 2. The van der Waals surface area contributed by atoms with Crippen LogP contribution >= 0.6 is 0 Å². The lowest BCUT2D eigenvalue weighted by atomic mass is 10.1. The van der Waals surface area contributed by atoms with Crippen molar-refractivity contribution >= 4 is 34.5 Å². The van der Waals surface area contributed by atoms with E-state index >= 15 is 0 Å². The molecule has 0 spiro atoms. The molecule has 6 heteroatoms. The highest BCUT2D eigenvalue weighted by molar-refractivity contribution is 6.05. The van der Waals surface area contributed by atoms with Crippen molar-refractivity contribution in [2.24, 2.45) is 0 Å². The number of aromatic nitrogens is 2. The molecule has 3 aromatic rings. The summed E-state index contributed by atoms with van der Waals surface area (Å²) in [6.07, 6.45) is 0.765. The molecule has 0 atom stereocenters. The number of nitrogens with zero attached hydrogens (tertiary/aromatic N) is 2. The lowest BCUT2D eigenvalue weighted by Crippen LogP contribution is -2.25. The molecule has 2 aromatic carbocycles. The standard InChI is InChI=1S/C18H16N4O2/c1-11(23)22-9-8-12-10-13(6-7-16(12)22)17(24)21-18-19-14-4-2-3-5-15(14)20-18/h2-7,10H,8-9H2,1H3,(H2,19,20,21,24). The minimum absolute atomic E-state index is 0.0215. The largest absolute Gasteiger partial charge is 0.324 e. The summed E-state index contributed by atoms with van der Waals surface area (Å²) in [6, 6.07) is 13.0. The van der Waals surface area contributed by atoms with E-state index < -0.39 is 0 Å². The van der Waals surface area contributed by atoms with Gasteiger partial charge in [-0.15, -0.1) is 0 Å². The number of H-pyrrole nitrogens is 1. The van der Waals surface area contributed by atoms with Crippen LogP contribution in [0.4, 0.5) is 11.6 Å². The van der Waals surface area contributed by atoms with Gasteiger partial charge in [-0.05, 0) is 42.3 Å². The second kappa shape index (κ2) is 5.49. The predicted octanol–water partition coefficient (Wildman–Crippen LogP) is 2.72. The zero-order valence-electron chi connectivity index (χ0n) is 13.2. The third kappa shape index (κ3) is 2.42. The van der Waals surface area contributed by atoms with Crippen LogP contribution in [0.3, 0.4) is 0 Å². The SMILES string of the molecule is CC(=O)N1CCc2cc(C(=O)Nc3nc4ccccc4[nH]3)ccc21. The number of para-hydroxylation sites is 2. The fourth-order valence-electron chi connectivity index (χ4n) is 3.06. The van der Waals surface area contributed by atoms with Crippen LogP contribution < -0.4 is 10.2 Å². The van der Waals surface area contributed by atoms with Gasteiger partial charge in [-0.25, -0.2) is 4.98 Å². The molecule has 0 fully saturated rings. The van der Waals surface area contributed by atoms with Gasteiger partial charge in [0.25, 0.3) is 5.91 Å². The minimum atomic E-state index is -0.224. The van der Waals surface area contributed by atoms with Gasteiger partial charge in [0.15, 0.2) is 0 Å². The Kier molecular flexibility index (Phi) is 3.30. The molecule has 1 aliphatic heterocycles. The number of aromatic amines is 1. The molecule has 2 N–H and O–H groups in total. The number of anilines is 2. The number of imidazole rings is 1.